The molecule has 4 heteroatoms. The smallest absolute Gasteiger partial charge is 0.0441 e. The van der Waals surface area contributed by atoms with E-state index in [1.54, 1.807) is 11.3 Å². The summed E-state index contributed by atoms with van der Waals surface area (Å²) in [4.78, 5) is 1.25. The molecule has 1 heterocycles. The van der Waals surface area contributed by atoms with Crippen LogP contribution in [0.2, 0.25) is 5.02 Å². The normalized spacial score (nSPS) is 9.88. The molecule has 0 aliphatic carbocycles. The molecule has 0 saturated heterocycles. The van der Waals surface area contributed by atoms with E-state index in [1.165, 1.54) is 10.4 Å². The van der Waals surface area contributed by atoms with Gasteiger partial charge in [0.25, 0.3) is 0 Å². The average molecular weight is 274 g/mol. The lowest BCUT2D eigenvalue weighted by Gasteiger charge is -2.04. The Morgan fingerprint density at radius 2 is 1.88 bits per heavy atom. The highest BCUT2D eigenvalue weighted by molar-refractivity contribution is 7.10. The van der Waals surface area contributed by atoms with E-state index in [-0.39, 0.29) is 12.4 Å². The fraction of sp³-hybridized carbons (Fsp3) is 0.167. The third kappa shape index (κ3) is 2.98. The summed E-state index contributed by atoms with van der Waals surface area (Å²) in [5, 5.41) is 2.90. The Kier molecular flexibility index (Phi) is 5.29. The SMILES string of the molecule is Cl.NCc1sccc1Cc1ccccc1Cl. The molecular formula is C12H13Cl2NS. The second kappa shape index (κ2) is 6.26. The van der Waals surface area contributed by atoms with Crippen LogP contribution < -0.4 is 5.73 Å². The quantitative estimate of drug-likeness (QED) is 0.903. The van der Waals surface area contributed by atoms with Crippen LogP contribution in [0.3, 0.4) is 0 Å². The van der Waals surface area contributed by atoms with Gasteiger partial charge in [-0.25, -0.2) is 0 Å². The monoisotopic (exact) mass is 273 g/mol. The fourth-order valence-electron chi connectivity index (χ4n) is 1.55. The summed E-state index contributed by atoms with van der Waals surface area (Å²) in [5.74, 6) is 0. The van der Waals surface area contributed by atoms with Gasteiger partial charge in [0.1, 0.15) is 0 Å². The number of hydrogen-bond acceptors (Lipinski definition) is 2. The first-order chi connectivity index (χ1) is 7.31. The van der Waals surface area contributed by atoms with Gasteiger partial charge in [-0.05, 0) is 28.6 Å². The Hall–Kier alpha value is -0.540. The van der Waals surface area contributed by atoms with Crippen LogP contribution in [0.25, 0.3) is 0 Å². The standard InChI is InChI=1S/C12H12ClNS.ClH/c13-11-4-2-1-3-9(11)7-10-5-6-15-12(10)8-14;/h1-6H,7-8,14H2;1H. The second-order valence-electron chi connectivity index (χ2n) is 3.34. The highest BCUT2D eigenvalue weighted by Crippen LogP contribution is 2.23. The van der Waals surface area contributed by atoms with E-state index >= 15 is 0 Å². The molecule has 16 heavy (non-hydrogen) atoms. The number of nitrogens with two attached hydrogens (primary N) is 1. The van der Waals surface area contributed by atoms with E-state index < -0.39 is 0 Å². The molecule has 0 aliphatic rings. The minimum atomic E-state index is 0. The van der Waals surface area contributed by atoms with E-state index in [4.69, 9.17) is 17.3 Å². The number of benzene rings is 1. The summed E-state index contributed by atoms with van der Waals surface area (Å²) >= 11 is 7.82. The molecule has 2 N–H and O–H groups in total. The largest absolute Gasteiger partial charge is 0.326 e. The lowest BCUT2D eigenvalue weighted by atomic mass is 10.1. The first-order valence-corrected chi connectivity index (χ1v) is 6.05. The molecule has 0 saturated carbocycles. The van der Waals surface area contributed by atoms with Gasteiger partial charge in [-0.1, -0.05) is 29.8 Å². The van der Waals surface area contributed by atoms with E-state index in [1.807, 2.05) is 18.2 Å². The van der Waals surface area contributed by atoms with Crippen molar-refractivity contribution < 1.29 is 0 Å². The number of thiophene rings is 1. The van der Waals surface area contributed by atoms with Crippen molar-refractivity contribution in [3.05, 3.63) is 56.7 Å². The van der Waals surface area contributed by atoms with Crippen LogP contribution in [-0.2, 0) is 13.0 Å². The molecule has 0 radical (unpaired) electrons. The minimum absolute atomic E-state index is 0. The Labute approximate surface area is 111 Å². The molecule has 0 atom stereocenters. The Balaban J connectivity index is 0.00000128. The minimum Gasteiger partial charge on any atom is -0.326 e. The van der Waals surface area contributed by atoms with Crippen molar-refractivity contribution in [2.24, 2.45) is 5.73 Å². The fourth-order valence-corrected chi connectivity index (χ4v) is 2.54. The molecule has 0 spiro atoms. The van der Waals surface area contributed by atoms with Crippen LogP contribution >= 0.6 is 35.3 Å². The molecule has 1 aromatic carbocycles. The van der Waals surface area contributed by atoms with Crippen LogP contribution in [0.5, 0.6) is 0 Å². The van der Waals surface area contributed by atoms with E-state index in [9.17, 15) is 0 Å². The maximum absolute atomic E-state index is 6.11. The van der Waals surface area contributed by atoms with Crippen LogP contribution in [0, 0.1) is 0 Å². The van der Waals surface area contributed by atoms with Crippen molar-refractivity contribution in [1.29, 1.82) is 0 Å². The highest BCUT2D eigenvalue weighted by Gasteiger charge is 2.05. The van der Waals surface area contributed by atoms with Gasteiger partial charge in [-0.2, -0.15) is 0 Å². The van der Waals surface area contributed by atoms with Gasteiger partial charge in [0.05, 0.1) is 0 Å². The lowest BCUT2D eigenvalue weighted by Crippen LogP contribution is -1.98. The van der Waals surface area contributed by atoms with Gasteiger partial charge in [0.2, 0.25) is 0 Å². The van der Waals surface area contributed by atoms with Gasteiger partial charge >= 0.3 is 0 Å². The maximum atomic E-state index is 6.11. The Morgan fingerprint density at radius 3 is 2.56 bits per heavy atom. The Bertz CT molecular complexity index is 454. The van der Waals surface area contributed by atoms with Crippen molar-refractivity contribution in [1.82, 2.24) is 0 Å². The third-order valence-electron chi connectivity index (χ3n) is 2.36. The van der Waals surface area contributed by atoms with Crippen molar-refractivity contribution >= 4 is 35.3 Å². The molecule has 2 aromatic rings. The predicted octanol–water partition coefficient (Wildman–Crippen LogP) is 3.87. The van der Waals surface area contributed by atoms with Gasteiger partial charge in [-0.3, -0.25) is 0 Å². The number of rotatable bonds is 3. The van der Waals surface area contributed by atoms with Crippen LogP contribution in [0.4, 0.5) is 0 Å². The topological polar surface area (TPSA) is 26.0 Å². The molecule has 0 amide bonds. The zero-order valence-electron chi connectivity index (χ0n) is 8.65. The lowest BCUT2D eigenvalue weighted by molar-refractivity contribution is 1.06. The summed E-state index contributed by atoms with van der Waals surface area (Å²) in [6.07, 6.45) is 0.871. The first-order valence-electron chi connectivity index (χ1n) is 4.80. The molecule has 2 rings (SSSR count). The highest BCUT2D eigenvalue weighted by atomic mass is 35.5. The van der Waals surface area contributed by atoms with E-state index in [2.05, 4.69) is 17.5 Å². The van der Waals surface area contributed by atoms with E-state index in [0.29, 0.717) is 6.54 Å². The molecule has 86 valence electrons. The summed E-state index contributed by atoms with van der Waals surface area (Å²) in [5.41, 5.74) is 8.11. The molecule has 1 aromatic heterocycles. The first kappa shape index (κ1) is 13.5. The third-order valence-corrected chi connectivity index (χ3v) is 3.72. The molecule has 1 nitrogen and oxygen atoms in total. The zero-order chi connectivity index (χ0) is 10.7. The molecular weight excluding hydrogens is 261 g/mol. The average Bonchev–Trinajstić information content (AvgIpc) is 2.69. The van der Waals surface area contributed by atoms with E-state index in [0.717, 1.165) is 17.0 Å². The van der Waals surface area contributed by atoms with Crippen LogP contribution in [0.15, 0.2) is 35.7 Å². The van der Waals surface area contributed by atoms with Crippen molar-refractivity contribution in [3.8, 4) is 0 Å². The van der Waals surface area contributed by atoms with Crippen LogP contribution in [0.1, 0.15) is 16.0 Å². The van der Waals surface area contributed by atoms with Gasteiger partial charge in [0.15, 0.2) is 0 Å². The summed E-state index contributed by atoms with van der Waals surface area (Å²) in [6.45, 7) is 0.609. The molecule has 0 aliphatic heterocycles. The number of hydrogen-bond donors (Lipinski definition) is 1. The van der Waals surface area contributed by atoms with Gasteiger partial charge < -0.3 is 5.73 Å². The van der Waals surface area contributed by atoms with Crippen molar-refractivity contribution in [3.63, 3.8) is 0 Å². The summed E-state index contributed by atoms with van der Waals surface area (Å²) in [7, 11) is 0. The maximum Gasteiger partial charge on any atom is 0.0441 e. The molecule has 0 bridgehead atoms. The van der Waals surface area contributed by atoms with Gasteiger partial charge in [0, 0.05) is 22.9 Å². The molecule has 0 fully saturated rings. The van der Waals surface area contributed by atoms with Crippen molar-refractivity contribution in [2.45, 2.75) is 13.0 Å². The van der Waals surface area contributed by atoms with Crippen molar-refractivity contribution in [2.75, 3.05) is 0 Å². The summed E-state index contributed by atoms with van der Waals surface area (Å²) < 4.78 is 0. The molecule has 0 unspecified atom stereocenters. The van der Waals surface area contributed by atoms with Gasteiger partial charge in [-0.15, -0.1) is 23.7 Å². The van der Waals surface area contributed by atoms with Crippen LogP contribution in [-0.4, -0.2) is 0 Å². The second-order valence-corrected chi connectivity index (χ2v) is 4.75. The zero-order valence-corrected chi connectivity index (χ0v) is 11.0. The number of halogens is 2. The Morgan fingerprint density at radius 1 is 1.12 bits per heavy atom. The predicted molar refractivity (Wildman–Crippen MR) is 73.7 cm³/mol. The summed E-state index contributed by atoms with van der Waals surface area (Å²) in [6, 6.07) is 10.1.